The normalized spacial score (nSPS) is 39.9. The maximum atomic E-state index is 12.0. The maximum Gasteiger partial charge on any atom is 0.246 e. The number of hydrogen-bond donors (Lipinski definition) is 1. The molecule has 4 heteroatoms. The first kappa shape index (κ1) is 10.5. The summed E-state index contributed by atoms with van der Waals surface area (Å²) in [6.45, 7) is 6.11. The van der Waals surface area contributed by atoms with Gasteiger partial charge < -0.3 is 10.2 Å². The first-order chi connectivity index (χ1) is 7.02. The molecular weight excluding hydrogens is 192 g/mol. The molecule has 0 aliphatic carbocycles. The van der Waals surface area contributed by atoms with E-state index < -0.39 is 0 Å². The zero-order valence-corrected chi connectivity index (χ0v) is 9.49. The molecule has 15 heavy (non-hydrogen) atoms. The Balaban J connectivity index is 2.03. The van der Waals surface area contributed by atoms with Crippen LogP contribution in [0.4, 0.5) is 0 Å². The first-order valence-electron chi connectivity index (χ1n) is 5.64. The van der Waals surface area contributed by atoms with E-state index in [1.54, 1.807) is 0 Å². The second-order valence-corrected chi connectivity index (χ2v) is 4.79. The van der Waals surface area contributed by atoms with Crippen LogP contribution in [0.3, 0.4) is 0 Å². The molecular formula is C11H18N2O2. The molecule has 2 unspecified atom stereocenters. The zero-order chi connectivity index (χ0) is 11.2. The van der Waals surface area contributed by atoms with E-state index >= 15 is 0 Å². The molecule has 2 saturated heterocycles. The average molecular weight is 210 g/mol. The van der Waals surface area contributed by atoms with Crippen LogP contribution in [0.5, 0.6) is 0 Å². The van der Waals surface area contributed by atoms with Gasteiger partial charge in [-0.1, -0.05) is 6.92 Å². The summed E-state index contributed by atoms with van der Waals surface area (Å²) in [6.07, 6.45) is 1.37. The molecule has 84 valence electrons. The zero-order valence-electron chi connectivity index (χ0n) is 9.49. The van der Waals surface area contributed by atoms with Crippen molar-refractivity contribution in [1.82, 2.24) is 10.2 Å². The summed E-state index contributed by atoms with van der Waals surface area (Å²) in [5.74, 6) is 0.361. The lowest BCUT2D eigenvalue weighted by atomic mass is 9.92. The maximum absolute atomic E-state index is 12.0. The smallest absolute Gasteiger partial charge is 0.246 e. The Morgan fingerprint density at radius 1 is 1.33 bits per heavy atom. The first-order valence-corrected chi connectivity index (χ1v) is 5.64. The van der Waals surface area contributed by atoms with Crippen LogP contribution >= 0.6 is 0 Å². The van der Waals surface area contributed by atoms with Gasteiger partial charge in [0.1, 0.15) is 6.04 Å². The van der Waals surface area contributed by atoms with E-state index in [4.69, 9.17) is 0 Å². The molecule has 0 aromatic rings. The van der Waals surface area contributed by atoms with Crippen molar-refractivity contribution in [2.75, 3.05) is 0 Å². The SMILES string of the molecule is CC1C(C)N1C(=O)[C@@H]1NC(=O)CC[C@H]1C. The summed E-state index contributed by atoms with van der Waals surface area (Å²) >= 11 is 0. The summed E-state index contributed by atoms with van der Waals surface area (Å²) < 4.78 is 0. The highest BCUT2D eigenvalue weighted by Crippen LogP contribution is 2.30. The second-order valence-electron chi connectivity index (χ2n) is 4.79. The Bertz CT molecular complexity index is 295. The third-order valence-corrected chi connectivity index (χ3v) is 3.72. The molecule has 2 rings (SSSR count). The van der Waals surface area contributed by atoms with E-state index in [9.17, 15) is 9.59 Å². The third-order valence-electron chi connectivity index (χ3n) is 3.72. The molecule has 2 aliphatic rings. The Morgan fingerprint density at radius 2 is 1.93 bits per heavy atom. The largest absolute Gasteiger partial charge is 0.344 e. The van der Waals surface area contributed by atoms with Crippen LogP contribution in [0, 0.1) is 5.92 Å². The Kier molecular flexibility index (Phi) is 2.44. The molecule has 0 aromatic heterocycles. The van der Waals surface area contributed by atoms with Gasteiger partial charge in [0.2, 0.25) is 11.8 Å². The van der Waals surface area contributed by atoms with Gasteiger partial charge in [-0.2, -0.15) is 0 Å². The molecule has 2 amide bonds. The van der Waals surface area contributed by atoms with Crippen LogP contribution in [-0.2, 0) is 9.59 Å². The fraction of sp³-hybridized carbons (Fsp3) is 0.818. The monoisotopic (exact) mass is 210 g/mol. The van der Waals surface area contributed by atoms with Crippen molar-refractivity contribution in [1.29, 1.82) is 0 Å². The van der Waals surface area contributed by atoms with Gasteiger partial charge >= 0.3 is 0 Å². The van der Waals surface area contributed by atoms with Crippen LogP contribution in [-0.4, -0.2) is 34.8 Å². The highest BCUT2D eigenvalue weighted by atomic mass is 16.2. The number of carbonyl (C=O) groups excluding carboxylic acids is 2. The van der Waals surface area contributed by atoms with Crippen molar-refractivity contribution in [3.63, 3.8) is 0 Å². The van der Waals surface area contributed by atoms with Gasteiger partial charge in [-0.15, -0.1) is 0 Å². The van der Waals surface area contributed by atoms with E-state index in [0.29, 0.717) is 18.5 Å². The summed E-state index contributed by atoms with van der Waals surface area (Å²) in [5.41, 5.74) is 0. The van der Waals surface area contributed by atoms with Crippen molar-refractivity contribution in [2.24, 2.45) is 5.92 Å². The number of amides is 2. The highest BCUT2D eigenvalue weighted by molar-refractivity contribution is 5.90. The molecule has 0 radical (unpaired) electrons. The van der Waals surface area contributed by atoms with Crippen molar-refractivity contribution in [3.8, 4) is 0 Å². The molecule has 0 spiro atoms. The number of nitrogens with zero attached hydrogens (tertiary/aromatic N) is 1. The van der Waals surface area contributed by atoms with Crippen molar-refractivity contribution >= 4 is 11.8 Å². The molecule has 2 fully saturated rings. The lowest BCUT2D eigenvalue weighted by Crippen LogP contribution is -2.51. The van der Waals surface area contributed by atoms with Gasteiger partial charge in [0.25, 0.3) is 0 Å². The van der Waals surface area contributed by atoms with E-state index in [-0.39, 0.29) is 23.8 Å². The van der Waals surface area contributed by atoms with E-state index in [1.807, 2.05) is 25.7 Å². The second kappa shape index (κ2) is 3.51. The standard InChI is InChI=1S/C11H18N2O2/c1-6-4-5-9(14)12-10(6)11(15)13-7(2)8(13)3/h6-8,10H,4-5H2,1-3H3,(H,12,14)/t6-,7?,8?,10-,13?/m1/s1. The predicted molar refractivity (Wildman–Crippen MR) is 56.1 cm³/mol. The molecule has 2 heterocycles. The van der Waals surface area contributed by atoms with Crippen LogP contribution < -0.4 is 5.32 Å². The molecule has 1 N–H and O–H groups in total. The molecule has 0 bridgehead atoms. The summed E-state index contributed by atoms with van der Waals surface area (Å²) in [6, 6.07) is 0.380. The number of rotatable bonds is 1. The van der Waals surface area contributed by atoms with E-state index in [1.165, 1.54) is 0 Å². The lowest BCUT2D eigenvalue weighted by Gasteiger charge is -2.28. The summed E-state index contributed by atoms with van der Waals surface area (Å²) in [7, 11) is 0. The van der Waals surface area contributed by atoms with Gasteiger partial charge in [-0.05, 0) is 26.2 Å². The topological polar surface area (TPSA) is 49.2 Å². The van der Waals surface area contributed by atoms with Crippen LogP contribution in [0.1, 0.15) is 33.6 Å². The number of nitrogens with one attached hydrogen (secondary N) is 1. The van der Waals surface area contributed by atoms with Gasteiger partial charge in [0.05, 0.1) is 0 Å². The highest BCUT2D eigenvalue weighted by Gasteiger charge is 2.47. The Morgan fingerprint density at radius 3 is 2.47 bits per heavy atom. The van der Waals surface area contributed by atoms with Crippen molar-refractivity contribution < 1.29 is 9.59 Å². The third kappa shape index (κ3) is 1.73. The van der Waals surface area contributed by atoms with Gasteiger partial charge in [-0.3, -0.25) is 9.59 Å². The van der Waals surface area contributed by atoms with Gasteiger partial charge in [-0.25, -0.2) is 0 Å². The lowest BCUT2D eigenvalue weighted by molar-refractivity contribution is -0.136. The van der Waals surface area contributed by atoms with E-state index in [0.717, 1.165) is 6.42 Å². The molecule has 2 aliphatic heterocycles. The number of carbonyl (C=O) groups is 2. The van der Waals surface area contributed by atoms with Gasteiger partial charge in [0.15, 0.2) is 0 Å². The number of hydrogen-bond acceptors (Lipinski definition) is 2. The minimum atomic E-state index is -0.293. The molecule has 0 aromatic carbocycles. The predicted octanol–water partition coefficient (Wildman–Crippen LogP) is 0.520. The molecule has 4 atom stereocenters. The summed E-state index contributed by atoms with van der Waals surface area (Å²) in [4.78, 5) is 25.1. The number of piperidine rings is 1. The van der Waals surface area contributed by atoms with Crippen LogP contribution in [0.25, 0.3) is 0 Å². The molecule has 4 nitrogen and oxygen atoms in total. The van der Waals surface area contributed by atoms with Crippen molar-refractivity contribution in [2.45, 2.75) is 51.7 Å². The van der Waals surface area contributed by atoms with E-state index in [2.05, 4.69) is 5.32 Å². The van der Waals surface area contributed by atoms with Crippen LogP contribution in [0.2, 0.25) is 0 Å². The Hall–Kier alpha value is -1.06. The fourth-order valence-corrected chi connectivity index (χ4v) is 2.28. The minimum absolute atomic E-state index is 0.00797. The van der Waals surface area contributed by atoms with Crippen LogP contribution in [0.15, 0.2) is 0 Å². The Labute approximate surface area is 90.0 Å². The quantitative estimate of drug-likeness (QED) is 0.641. The molecule has 0 saturated carbocycles. The average Bonchev–Trinajstić information content (AvgIpc) is 2.78. The fourth-order valence-electron chi connectivity index (χ4n) is 2.28. The van der Waals surface area contributed by atoms with Crippen molar-refractivity contribution in [3.05, 3.63) is 0 Å². The minimum Gasteiger partial charge on any atom is -0.344 e. The van der Waals surface area contributed by atoms with Gasteiger partial charge in [0, 0.05) is 18.5 Å². The summed E-state index contributed by atoms with van der Waals surface area (Å²) in [5, 5.41) is 2.80.